The third-order valence-electron chi connectivity index (χ3n) is 1.78. The van der Waals surface area contributed by atoms with Crippen molar-refractivity contribution < 1.29 is 9.18 Å². The Hall–Kier alpha value is -1.00. The van der Waals surface area contributed by atoms with Gasteiger partial charge in [-0.15, -0.1) is 0 Å². The molecular formula is C10H11Cl2FN2O. The van der Waals surface area contributed by atoms with Gasteiger partial charge in [0.1, 0.15) is 0 Å². The number of carbonyl (C=O) groups is 1. The van der Waals surface area contributed by atoms with Crippen LogP contribution in [-0.4, -0.2) is 12.6 Å². The van der Waals surface area contributed by atoms with Gasteiger partial charge in [-0.05, 0) is 18.6 Å². The van der Waals surface area contributed by atoms with Crippen LogP contribution in [0.25, 0.3) is 0 Å². The number of nitrogens with one attached hydrogen (secondary N) is 2. The number of benzene rings is 1. The van der Waals surface area contributed by atoms with E-state index in [1.165, 1.54) is 12.1 Å². The molecule has 16 heavy (non-hydrogen) atoms. The fourth-order valence-corrected chi connectivity index (χ4v) is 1.53. The van der Waals surface area contributed by atoms with Crippen LogP contribution in [0.15, 0.2) is 12.1 Å². The maximum absolute atomic E-state index is 13.1. The molecule has 0 heterocycles. The van der Waals surface area contributed by atoms with Crippen LogP contribution in [0.2, 0.25) is 10.0 Å². The summed E-state index contributed by atoms with van der Waals surface area (Å²) in [4.78, 5) is 11.3. The molecule has 0 aliphatic carbocycles. The summed E-state index contributed by atoms with van der Waals surface area (Å²) in [7, 11) is 0. The zero-order chi connectivity index (χ0) is 12.1. The third-order valence-corrected chi connectivity index (χ3v) is 2.33. The molecular weight excluding hydrogens is 254 g/mol. The summed E-state index contributed by atoms with van der Waals surface area (Å²) >= 11 is 11.2. The highest BCUT2D eigenvalue weighted by atomic mass is 35.5. The molecule has 0 bridgehead atoms. The first-order chi connectivity index (χ1) is 7.54. The molecule has 0 saturated heterocycles. The van der Waals surface area contributed by atoms with E-state index < -0.39 is 5.82 Å². The zero-order valence-electron chi connectivity index (χ0n) is 8.61. The molecule has 0 aliphatic heterocycles. The average molecular weight is 265 g/mol. The molecule has 0 fully saturated rings. The molecule has 3 nitrogen and oxygen atoms in total. The molecule has 0 aliphatic rings. The van der Waals surface area contributed by atoms with Crippen LogP contribution >= 0.6 is 23.2 Å². The van der Waals surface area contributed by atoms with E-state index in [2.05, 4.69) is 10.6 Å². The molecule has 0 aromatic heterocycles. The van der Waals surface area contributed by atoms with Crippen LogP contribution in [-0.2, 0) is 0 Å². The lowest BCUT2D eigenvalue weighted by Gasteiger charge is -2.08. The third kappa shape index (κ3) is 3.54. The van der Waals surface area contributed by atoms with Crippen LogP contribution in [0.4, 0.5) is 14.9 Å². The Morgan fingerprint density at radius 2 is 1.94 bits per heavy atom. The van der Waals surface area contributed by atoms with Crippen molar-refractivity contribution in [3.05, 3.63) is 28.0 Å². The van der Waals surface area contributed by atoms with E-state index in [9.17, 15) is 9.18 Å². The largest absolute Gasteiger partial charge is 0.338 e. The fourth-order valence-electron chi connectivity index (χ4n) is 1.04. The Labute approximate surface area is 103 Å². The van der Waals surface area contributed by atoms with Crippen molar-refractivity contribution in [2.75, 3.05) is 11.9 Å². The monoisotopic (exact) mass is 264 g/mol. The van der Waals surface area contributed by atoms with Crippen LogP contribution in [0.5, 0.6) is 0 Å². The van der Waals surface area contributed by atoms with Crippen molar-refractivity contribution in [3.8, 4) is 0 Å². The number of amides is 2. The highest BCUT2D eigenvalue weighted by Gasteiger charge is 2.09. The van der Waals surface area contributed by atoms with Crippen molar-refractivity contribution in [2.24, 2.45) is 0 Å². The van der Waals surface area contributed by atoms with Gasteiger partial charge < -0.3 is 10.6 Å². The van der Waals surface area contributed by atoms with Gasteiger partial charge in [0.05, 0.1) is 10.0 Å². The van der Waals surface area contributed by atoms with Gasteiger partial charge in [-0.25, -0.2) is 9.18 Å². The number of anilines is 1. The number of halogens is 3. The topological polar surface area (TPSA) is 41.1 Å². The SMILES string of the molecule is CCCNC(=O)Nc1cc(Cl)c(F)c(Cl)c1. The highest BCUT2D eigenvalue weighted by Crippen LogP contribution is 2.27. The maximum Gasteiger partial charge on any atom is 0.319 e. The summed E-state index contributed by atoms with van der Waals surface area (Å²) in [5, 5.41) is 4.85. The van der Waals surface area contributed by atoms with Gasteiger partial charge in [-0.1, -0.05) is 30.1 Å². The van der Waals surface area contributed by atoms with Crippen LogP contribution in [0.1, 0.15) is 13.3 Å². The van der Waals surface area contributed by atoms with Crippen molar-refractivity contribution >= 4 is 34.9 Å². The van der Waals surface area contributed by atoms with Crippen molar-refractivity contribution in [1.29, 1.82) is 0 Å². The first-order valence-corrected chi connectivity index (χ1v) is 5.49. The minimum absolute atomic E-state index is 0.127. The molecule has 1 rings (SSSR count). The van der Waals surface area contributed by atoms with Gasteiger partial charge in [0, 0.05) is 12.2 Å². The number of hydrogen-bond acceptors (Lipinski definition) is 1. The van der Waals surface area contributed by atoms with E-state index in [1.54, 1.807) is 0 Å². The van der Waals surface area contributed by atoms with Gasteiger partial charge in [0.25, 0.3) is 0 Å². The van der Waals surface area contributed by atoms with E-state index in [4.69, 9.17) is 23.2 Å². The summed E-state index contributed by atoms with van der Waals surface area (Å²) in [6.45, 7) is 2.50. The molecule has 6 heteroatoms. The number of carbonyl (C=O) groups excluding carboxylic acids is 1. The van der Waals surface area contributed by atoms with Crippen molar-refractivity contribution in [2.45, 2.75) is 13.3 Å². The number of rotatable bonds is 3. The second kappa shape index (κ2) is 5.92. The molecule has 0 unspecified atom stereocenters. The molecule has 1 aromatic carbocycles. The Kier molecular flexibility index (Phi) is 4.83. The predicted molar refractivity (Wildman–Crippen MR) is 63.7 cm³/mol. The first-order valence-electron chi connectivity index (χ1n) is 4.74. The van der Waals surface area contributed by atoms with Crippen LogP contribution in [0, 0.1) is 5.82 Å². The normalized spacial score (nSPS) is 10.0. The summed E-state index contributed by atoms with van der Waals surface area (Å²) in [6, 6.07) is 2.23. The molecule has 0 radical (unpaired) electrons. The molecule has 88 valence electrons. The Bertz CT molecular complexity index is 375. The summed E-state index contributed by atoms with van der Waals surface area (Å²) < 4.78 is 13.1. The summed E-state index contributed by atoms with van der Waals surface area (Å²) in [6.07, 6.45) is 0.832. The first kappa shape index (κ1) is 13.1. The molecule has 0 atom stereocenters. The Morgan fingerprint density at radius 3 is 2.44 bits per heavy atom. The number of urea groups is 1. The minimum atomic E-state index is -0.692. The van der Waals surface area contributed by atoms with E-state index >= 15 is 0 Å². The summed E-state index contributed by atoms with van der Waals surface area (Å²) in [5.74, 6) is -0.692. The quantitative estimate of drug-likeness (QED) is 0.804. The van der Waals surface area contributed by atoms with Gasteiger partial charge in [-0.2, -0.15) is 0 Å². The van der Waals surface area contributed by atoms with Gasteiger partial charge in [0.2, 0.25) is 0 Å². The van der Waals surface area contributed by atoms with E-state index in [0.29, 0.717) is 12.2 Å². The minimum Gasteiger partial charge on any atom is -0.338 e. The predicted octanol–water partition coefficient (Wildman–Crippen LogP) is 3.66. The average Bonchev–Trinajstić information content (AvgIpc) is 2.23. The van der Waals surface area contributed by atoms with Gasteiger partial charge >= 0.3 is 6.03 Å². The molecule has 0 spiro atoms. The molecule has 2 N–H and O–H groups in total. The van der Waals surface area contributed by atoms with Gasteiger partial charge in [-0.3, -0.25) is 0 Å². The second-order valence-electron chi connectivity index (χ2n) is 3.13. The standard InChI is InChI=1S/C10H11Cl2FN2O/c1-2-3-14-10(16)15-6-4-7(11)9(13)8(12)5-6/h4-5H,2-3H2,1H3,(H2,14,15,16). The Morgan fingerprint density at radius 1 is 1.38 bits per heavy atom. The van der Waals surface area contributed by atoms with Crippen LogP contribution in [0.3, 0.4) is 0 Å². The van der Waals surface area contributed by atoms with Crippen molar-refractivity contribution in [3.63, 3.8) is 0 Å². The molecule has 0 saturated carbocycles. The Balaban J connectivity index is 2.71. The van der Waals surface area contributed by atoms with E-state index in [1.807, 2.05) is 6.92 Å². The van der Waals surface area contributed by atoms with E-state index in [0.717, 1.165) is 6.42 Å². The molecule has 2 amide bonds. The maximum atomic E-state index is 13.1. The zero-order valence-corrected chi connectivity index (χ0v) is 10.1. The second-order valence-corrected chi connectivity index (χ2v) is 3.95. The lowest BCUT2D eigenvalue weighted by molar-refractivity contribution is 0.252. The number of hydrogen-bond donors (Lipinski definition) is 2. The fraction of sp³-hybridized carbons (Fsp3) is 0.300. The van der Waals surface area contributed by atoms with E-state index in [-0.39, 0.29) is 16.1 Å². The van der Waals surface area contributed by atoms with Crippen LogP contribution < -0.4 is 10.6 Å². The summed E-state index contributed by atoms with van der Waals surface area (Å²) in [5.41, 5.74) is 0.352. The van der Waals surface area contributed by atoms with Gasteiger partial charge in [0.15, 0.2) is 5.82 Å². The highest BCUT2D eigenvalue weighted by molar-refractivity contribution is 6.35. The smallest absolute Gasteiger partial charge is 0.319 e. The lowest BCUT2D eigenvalue weighted by Crippen LogP contribution is -2.29. The molecule has 1 aromatic rings. The lowest BCUT2D eigenvalue weighted by atomic mass is 10.3. The van der Waals surface area contributed by atoms with Crippen molar-refractivity contribution in [1.82, 2.24) is 5.32 Å².